The van der Waals surface area contributed by atoms with Gasteiger partial charge in [-0.3, -0.25) is 19.2 Å². The lowest BCUT2D eigenvalue weighted by atomic mass is 10.1. The Morgan fingerprint density at radius 2 is 0.432 bits per heavy atom. The van der Waals surface area contributed by atoms with E-state index in [-0.39, 0.29) is 23.9 Å². The molecule has 0 saturated carbocycles. The predicted molar refractivity (Wildman–Crippen MR) is 181 cm³/mol. The fourth-order valence-corrected chi connectivity index (χ4v) is 5.57. The number of ether oxygens (including phenoxy) is 2. The Morgan fingerprint density at radius 1 is 0.273 bits per heavy atom. The highest BCUT2D eigenvalue weighted by Gasteiger charge is 2.11. The highest BCUT2D eigenvalue weighted by Crippen LogP contribution is 2.15. The number of unbranched alkanes of at least 4 members (excludes halogenated alkanes) is 25. The van der Waals surface area contributed by atoms with Gasteiger partial charge in [-0.05, 0) is 25.7 Å². The van der Waals surface area contributed by atoms with Gasteiger partial charge in [-0.15, -0.1) is 0 Å². The lowest BCUT2D eigenvalue weighted by molar-refractivity contribution is -0.161. The zero-order valence-electron chi connectivity index (χ0n) is 29.1. The van der Waals surface area contributed by atoms with Gasteiger partial charge < -0.3 is 9.47 Å². The third-order valence-electron chi connectivity index (χ3n) is 8.44. The topological polar surface area (TPSA) is 86.7 Å². The molecule has 0 unspecified atom stereocenters. The largest absolute Gasteiger partial charge is 0.393 e. The van der Waals surface area contributed by atoms with Gasteiger partial charge in [-0.2, -0.15) is 0 Å². The Morgan fingerprint density at radius 3 is 0.614 bits per heavy atom. The molecule has 0 radical (unpaired) electrons. The van der Waals surface area contributed by atoms with Gasteiger partial charge in [0.05, 0.1) is 0 Å². The molecule has 0 aliphatic rings. The van der Waals surface area contributed by atoms with Crippen LogP contribution in [0.5, 0.6) is 0 Å². The Bertz CT molecular complexity index is 631. The van der Waals surface area contributed by atoms with Crippen LogP contribution in [0.15, 0.2) is 0 Å². The fraction of sp³-hybridized carbons (Fsp3) is 0.895. The van der Waals surface area contributed by atoms with Crippen LogP contribution in [0.1, 0.15) is 219 Å². The summed E-state index contributed by atoms with van der Waals surface area (Å²) in [4.78, 5) is 47.5. The van der Waals surface area contributed by atoms with Gasteiger partial charge >= 0.3 is 23.9 Å². The lowest BCUT2D eigenvalue weighted by Gasteiger charge is -2.05. The molecule has 0 fully saturated rings. The summed E-state index contributed by atoms with van der Waals surface area (Å²) < 4.78 is 9.93. The highest BCUT2D eigenvalue weighted by atomic mass is 16.6. The zero-order chi connectivity index (χ0) is 32.4. The van der Waals surface area contributed by atoms with E-state index in [1.54, 1.807) is 0 Å². The summed E-state index contributed by atoms with van der Waals surface area (Å²) in [6, 6.07) is 0. The summed E-state index contributed by atoms with van der Waals surface area (Å²) in [6.07, 6.45) is 33.3. The molecule has 6 heteroatoms. The number of carbonyl (C=O) groups is 4. The third-order valence-corrected chi connectivity index (χ3v) is 8.44. The maximum absolute atomic E-state index is 11.9. The average Bonchev–Trinajstić information content (AvgIpc) is 2.99. The molecule has 0 aliphatic carbocycles. The SMILES string of the molecule is CCCCCCCCCCCC(=O)OC(=O)CCCCCCCCCCCCC(=O)OC(=O)CCCCCCCCCCC. The minimum Gasteiger partial charge on any atom is -0.393 e. The Kier molecular flexibility index (Phi) is 32.8. The minimum atomic E-state index is -0.377. The number of carbonyl (C=O) groups excluding carboxylic acids is 4. The summed E-state index contributed by atoms with van der Waals surface area (Å²) in [5, 5.41) is 0. The van der Waals surface area contributed by atoms with Crippen LogP contribution in [0, 0.1) is 0 Å². The molecule has 0 bridgehead atoms. The molecule has 0 aromatic carbocycles. The van der Waals surface area contributed by atoms with Gasteiger partial charge in [0.2, 0.25) is 0 Å². The standard InChI is InChI=1S/C38H70O6/c1-3-5-7-9-11-15-19-23-27-31-35(39)43-37(41)33-29-25-21-17-13-14-18-22-26-30-34-38(42)44-36(40)32-28-24-20-16-12-10-8-6-4-2/h3-34H2,1-2H3. The lowest BCUT2D eigenvalue weighted by Crippen LogP contribution is -2.11. The maximum atomic E-state index is 11.9. The van der Waals surface area contributed by atoms with Crippen molar-refractivity contribution < 1.29 is 28.7 Å². The molecule has 0 aliphatic heterocycles. The molecule has 0 N–H and O–H groups in total. The molecule has 0 aromatic heterocycles. The molecule has 0 atom stereocenters. The van der Waals surface area contributed by atoms with Crippen LogP contribution in [0.4, 0.5) is 0 Å². The summed E-state index contributed by atoms with van der Waals surface area (Å²) in [6.45, 7) is 4.46. The van der Waals surface area contributed by atoms with E-state index < -0.39 is 0 Å². The normalized spacial score (nSPS) is 11.0. The third kappa shape index (κ3) is 33.2. The van der Waals surface area contributed by atoms with E-state index in [2.05, 4.69) is 13.8 Å². The van der Waals surface area contributed by atoms with Gasteiger partial charge in [0.1, 0.15) is 0 Å². The Labute approximate surface area is 271 Å². The molecular formula is C38H70O6. The smallest absolute Gasteiger partial charge is 0.313 e. The van der Waals surface area contributed by atoms with E-state index in [1.807, 2.05) is 0 Å². The second-order valence-electron chi connectivity index (χ2n) is 12.9. The molecule has 258 valence electrons. The number of hydrogen-bond acceptors (Lipinski definition) is 6. The predicted octanol–water partition coefficient (Wildman–Crippen LogP) is 11.6. The van der Waals surface area contributed by atoms with E-state index in [4.69, 9.17) is 9.47 Å². The van der Waals surface area contributed by atoms with Crippen molar-refractivity contribution >= 4 is 23.9 Å². The van der Waals surface area contributed by atoms with Crippen molar-refractivity contribution in [2.24, 2.45) is 0 Å². The van der Waals surface area contributed by atoms with E-state index in [0.717, 1.165) is 89.9 Å². The van der Waals surface area contributed by atoms with Crippen LogP contribution in [0.2, 0.25) is 0 Å². The first kappa shape index (κ1) is 42.3. The van der Waals surface area contributed by atoms with Crippen LogP contribution < -0.4 is 0 Å². The van der Waals surface area contributed by atoms with Gasteiger partial charge in [0.15, 0.2) is 0 Å². The van der Waals surface area contributed by atoms with E-state index in [9.17, 15) is 19.2 Å². The summed E-state index contributed by atoms with van der Waals surface area (Å²) in [7, 11) is 0. The van der Waals surface area contributed by atoms with Crippen molar-refractivity contribution in [1.82, 2.24) is 0 Å². The highest BCUT2D eigenvalue weighted by molar-refractivity contribution is 5.85. The first-order valence-corrected chi connectivity index (χ1v) is 19.0. The second-order valence-corrected chi connectivity index (χ2v) is 12.9. The summed E-state index contributed by atoms with van der Waals surface area (Å²) in [5.74, 6) is -1.49. The molecule has 6 nitrogen and oxygen atoms in total. The van der Waals surface area contributed by atoms with Crippen LogP contribution >= 0.6 is 0 Å². The first-order valence-electron chi connectivity index (χ1n) is 19.0. The molecule has 0 heterocycles. The molecular weight excluding hydrogens is 552 g/mol. The fourth-order valence-electron chi connectivity index (χ4n) is 5.57. The number of hydrogen-bond donors (Lipinski definition) is 0. The van der Waals surface area contributed by atoms with Crippen molar-refractivity contribution in [1.29, 1.82) is 0 Å². The van der Waals surface area contributed by atoms with Crippen LogP contribution in [0.3, 0.4) is 0 Å². The summed E-state index contributed by atoms with van der Waals surface area (Å²) in [5.41, 5.74) is 0. The second kappa shape index (κ2) is 34.2. The first-order chi connectivity index (χ1) is 21.5. The Balaban J connectivity index is 3.41. The van der Waals surface area contributed by atoms with Crippen LogP contribution in [-0.2, 0) is 28.7 Å². The van der Waals surface area contributed by atoms with Gasteiger partial charge in [0.25, 0.3) is 0 Å². The van der Waals surface area contributed by atoms with E-state index in [0.29, 0.717) is 25.7 Å². The molecule has 0 aromatic rings. The van der Waals surface area contributed by atoms with E-state index in [1.165, 1.54) is 89.9 Å². The maximum Gasteiger partial charge on any atom is 0.313 e. The van der Waals surface area contributed by atoms with Crippen LogP contribution in [0.25, 0.3) is 0 Å². The zero-order valence-corrected chi connectivity index (χ0v) is 29.1. The van der Waals surface area contributed by atoms with Crippen molar-refractivity contribution in [3.8, 4) is 0 Å². The van der Waals surface area contributed by atoms with Crippen LogP contribution in [-0.4, -0.2) is 23.9 Å². The average molecular weight is 623 g/mol. The summed E-state index contributed by atoms with van der Waals surface area (Å²) >= 11 is 0. The number of rotatable bonds is 33. The van der Waals surface area contributed by atoms with Crippen molar-refractivity contribution in [2.75, 3.05) is 0 Å². The molecule has 0 saturated heterocycles. The minimum absolute atomic E-state index is 0.330. The Hall–Kier alpha value is -1.72. The molecule has 44 heavy (non-hydrogen) atoms. The molecule has 0 rings (SSSR count). The van der Waals surface area contributed by atoms with Gasteiger partial charge in [-0.1, -0.05) is 168 Å². The van der Waals surface area contributed by atoms with Crippen molar-refractivity contribution in [3.05, 3.63) is 0 Å². The number of esters is 4. The van der Waals surface area contributed by atoms with Gasteiger partial charge in [-0.25, -0.2) is 0 Å². The van der Waals surface area contributed by atoms with Crippen molar-refractivity contribution in [3.63, 3.8) is 0 Å². The van der Waals surface area contributed by atoms with E-state index >= 15 is 0 Å². The quantitative estimate of drug-likeness (QED) is 0.0411. The molecule has 0 spiro atoms. The van der Waals surface area contributed by atoms with Crippen molar-refractivity contribution in [2.45, 2.75) is 219 Å². The molecule has 0 amide bonds. The monoisotopic (exact) mass is 623 g/mol. The van der Waals surface area contributed by atoms with Gasteiger partial charge in [0, 0.05) is 25.7 Å².